The van der Waals surface area contributed by atoms with E-state index in [1.54, 1.807) is 0 Å². The summed E-state index contributed by atoms with van der Waals surface area (Å²) in [5, 5.41) is 12.5. The van der Waals surface area contributed by atoms with Crippen LogP contribution in [0.2, 0.25) is 0 Å². The maximum absolute atomic E-state index is 12.5. The molecule has 12 nitrogen and oxygen atoms in total. The SMILES string of the molecule is [2H]c1c([2H])c([2H])c(C([2H])([2H])O[C@@H]2[C@@H](OC([2H])([2H])c3c([2H])c([2H])c([2H])c([2H])c3[2H])[C@H](Oc3ccc(OC)cc3)O[C@H](CO[C@@H]3O[C@@H]4COC5(CCCCC5)O[C@H]4[C@H](OC([2H])([2H])c4c([2H])c([2H])c([2H])c([2H])c4[2H])[C@H]3O)[C@H]2OC([2H])([2H])c2c([2H])c([2H])c([2H])c([2H])c2[2H])c([2H])c1[2H]. The summed E-state index contributed by atoms with van der Waals surface area (Å²) < 4.78 is 313. The van der Waals surface area contributed by atoms with Gasteiger partial charge in [-0.3, -0.25) is 0 Å². The lowest BCUT2D eigenvalue weighted by Crippen LogP contribution is -2.67. The molecule has 0 radical (unpaired) electrons. The molecule has 3 aliphatic heterocycles. The molecule has 4 fully saturated rings. The predicted molar refractivity (Wildman–Crippen MR) is 240 cm³/mol. The van der Waals surface area contributed by atoms with Gasteiger partial charge in [0.1, 0.15) is 60.3 Å². The first-order valence-corrected chi connectivity index (χ1v) is 20.5. The van der Waals surface area contributed by atoms with E-state index in [0.29, 0.717) is 25.7 Å². The van der Waals surface area contributed by atoms with Crippen molar-refractivity contribution in [2.24, 2.45) is 0 Å². The molecule has 5 aromatic carbocycles. The van der Waals surface area contributed by atoms with Crippen LogP contribution in [0.25, 0.3) is 0 Å². The molecule has 1 saturated carbocycles. The standard InChI is InChI=1S/C53H60O12/c1-55-41-25-27-42(28-26-41)62-52-50(59-34-40-23-13-5-14-24-40)49(58-33-39-21-11-4-12-22-39)46(56-31-37-17-7-2-8-18-37)43(64-52)35-60-51-45(54)48(57-32-38-19-9-3-10-20-38)47-44(63-51)36-61-53(65-47)29-15-6-16-30-53/h2-5,7-14,17-28,43-52,54H,6,15-16,29-36H2,1H3/t43-,44-,45-,46-,47-,48-,49+,50-,51-,52-/m1/s1/i2D,3D,4D,5D,7D,8D,9D,10D,11D,12D,13D,14D,17D,18D,19D,20D,21D,22D,23D,24D,31D2,32D2,33D2,34D2. The molecular formula is C53H60O12. The van der Waals surface area contributed by atoms with E-state index in [2.05, 4.69) is 0 Å². The van der Waals surface area contributed by atoms with Gasteiger partial charge in [-0.1, -0.05) is 127 Å². The van der Waals surface area contributed by atoms with Crippen LogP contribution in [0.5, 0.6) is 11.5 Å². The van der Waals surface area contributed by atoms with Crippen LogP contribution >= 0.6 is 0 Å². The lowest BCUT2D eigenvalue weighted by atomic mass is 9.90. The van der Waals surface area contributed by atoms with E-state index >= 15 is 0 Å². The monoisotopic (exact) mass is 917 g/mol. The van der Waals surface area contributed by atoms with Crippen molar-refractivity contribution in [2.45, 2.75) is 126 Å². The fourth-order valence-corrected chi connectivity index (χ4v) is 7.51. The van der Waals surface area contributed by atoms with Gasteiger partial charge in [0.25, 0.3) is 0 Å². The zero-order chi connectivity index (χ0) is 68.8. The van der Waals surface area contributed by atoms with Gasteiger partial charge in [0.15, 0.2) is 12.1 Å². The summed E-state index contributed by atoms with van der Waals surface area (Å²) in [6, 6.07) is -16.5. The molecule has 5 aromatic rings. The van der Waals surface area contributed by atoms with Crippen molar-refractivity contribution in [3.63, 3.8) is 0 Å². The maximum atomic E-state index is 12.5. The molecule has 3 heterocycles. The summed E-state index contributed by atoms with van der Waals surface area (Å²) in [5.41, 5.74) is -4.73. The third-order valence-corrected chi connectivity index (χ3v) is 10.6. The van der Waals surface area contributed by atoms with Crippen molar-refractivity contribution in [3.8, 4) is 11.5 Å². The highest BCUT2D eigenvalue weighted by Crippen LogP contribution is 2.42. The summed E-state index contributed by atoms with van der Waals surface area (Å²) in [4.78, 5) is 0. The average Bonchev–Trinajstić information content (AvgIpc) is 0.812. The zero-order valence-electron chi connectivity index (χ0n) is 62.5. The van der Waals surface area contributed by atoms with E-state index in [1.165, 1.54) is 31.4 Å². The van der Waals surface area contributed by atoms with E-state index in [-0.39, 0.29) is 18.1 Å². The summed E-state index contributed by atoms with van der Waals surface area (Å²) in [6.07, 6.45) is -19.6. The minimum absolute atomic E-state index is 0.222. The Balaban J connectivity index is 1.24. The fraction of sp³-hybridized carbons (Fsp3) is 0.434. The molecule has 0 unspecified atom stereocenters. The minimum Gasteiger partial charge on any atom is -0.497 e. The molecule has 9 rings (SSSR count). The van der Waals surface area contributed by atoms with Crippen molar-refractivity contribution < 1.29 is 95.6 Å². The molecule has 1 aliphatic carbocycles. The van der Waals surface area contributed by atoms with Crippen molar-refractivity contribution >= 4 is 0 Å². The molecule has 12 heteroatoms. The van der Waals surface area contributed by atoms with Gasteiger partial charge in [-0.2, -0.15) is 0 Å². The maximum Gasteiger partial charge on any atom is 0.229 e. The van der Waals surface area contributed by atoms with Gasteiger partial charge in [0, 0.05) is 12.8 Å². The number of hydrogen-bond donors (Lipinski definition) is 1. The normalized spacial score (nSPS) is 35.6. The molecule has 0 bridgehead atoms. The van der Waals surface area contributed by atoms with Gasteiger partial charge >= 0.3 is 0 Å². The third kappa shape index (κ3) is 11.6. The van der Waals surface area contributed by atoms with Crippen molar-refractivity contribution in [3.05, 3.63) is 167 Å². The van der Waals surface area contributed by atoms with Crippen LogP contribution in [0.4, 0.5) is 0 Å². The first kappa shape index (κ1) is 22.9. The van der Waals surface area contributed by atoms with Crippen LogP contribution in [-0.2, 0) is 68.9 Å². The van der Waals surface area contributed by atoms with Crippen molar-refractivity contribution in [2.75, 3.05) is 20.3 Å². The Labute approximate surface area is 420 Å². The highest BCUT2D eigenvalue weighted by molar-refractivity contribution is 5.31. The van der Waals surface area contributed by atoms with Gasteiger partial charge in [0.05, 0.1) is 84.9 Å². The first-order valence-electron chi connectivity index (χ1n) is 34.5. The second-order valence-corrected chi connectivity index (χ2v) is 14.8. The molecule has 344 valence electrons. The number of ether oxygens (including phenoxy) is 11. The Morgan fingerprint density at radius 1 is 0.585 bits per heavy atom. The zero-order valence-corrected chi connectivity index (χ0v) is 34.5. The van der Waals surface area contributed by atoms with Crippen LogP contribution in [0.1, 0.15) is 92.7 Å². The number of fused-ring (bicyclic) bond motifs is 1. The molecule has 10 atom stereocenters. The lowest BCUT2D eigenvalue weighted by molar-refractivity contribution is -0.402. The fourth-order valence-electron chi connectivity index (χ4n) is 7.51. The van der Waals surface area contributed by atoms with E-state index < -0.39 is 243 Å². The molecule has 1 N–H and O–H groups in total. The summed E-state index contributed by atoms with van der Waals surface area (Å²) in [5.74, 6) is -1.37. The number of rotatable bonds is 18. The van der Waals surface area contributed by atoms with Crippen LogP contribution in [0.15, 0.2) is 145 Å². The Bertz CT molecular complexity index is 3560. The van der Waals surface area contributed by atoms with E-state index in [0.717, 1.165) is 6.42 Å². The second-order valence-electron chi connectivity index (χ2n) is 14.8. The van der Waals surface area contributed by atoms with Crippen molar-refractivity contribution in [1.29, 1.82) is 0 Å². The van der Waals surface area contributed by atoms with Gasteiger partial charge in [-0.05, 0) is 59.4 Å². The molecule has 65 heavy (non-hydrogen) atoms. The molecule has 3 saturated heterocycles. The third-order valence-electron chi connectivity index (χ3n) is 10.6. The Morgan fingerprint density at radius 2 is 1.08 bits per heavy atom. The van der Waals surface area contributed by atoms with Gasteiger partial charge < -0.3 is 57.2 Å². The average molecular weight is 917 g/mol. The minimum atomic E-state index is -3.83. The Morgan fingerprint density at radius 3 is 1.62 bits per heavy atom. The Hall–Kier alpha value is -4.70. The molecular weight excluding hydrogens is 829 g/mol. The highest BCUT2D eigenvalue weighted by atomic mass is 16.8. The number of aliphatic hydroxyl groups excluding tert-OH is 1. The summed E-state index contributed by atoms with van der Waals surface area (Å²) in [7, 11) is 1.31. The largest absolute Gasteiger partial charge is 0.497 e. The van der Waals surface area contributed by atoms with Crippen molar-refractivity contribution in [1.82, 2.24) is 0 Å². The number of hydrogen-bond acceptors (Lipinski definition) is 12. The number of methoxy groups -OCH3 is 1. The van der Waals surface area contributed by atoms with Crippen LogP contribution in [0, 0.1) is 0 Å². The van der Waals surface area contributed by atoms with Crippen LogP contribution in [-0.4, -0.2) is 92.6 Å². The van der Waals surface area contributed by atoms with Gasteiger partial charge in [-0.15, -0.1) is 0 Å². The van der Waals surface area contributed by atoms with Gasteiger partial charge in [0.2, 0.25) is 6.29 Å². The second kappa shape index (κ2) is 22.2. The lowest BCUT2D eigenvalue weighted by Gasteiger charge is -2.52. The van der Waals surface area contributed by atoms with E-state index in [9.17, 15) is 13.3 Å². The smallest absolute Gasteiger partial charge is 0.229 e. The topological polar surface area (TPSA) is 122 Å². The molecule has 1 spiro atoms. The van der Waals surface area contributed by atoms with Crippen LogP contribution < -0.4 is 9.47 Å². The highest BCUT2D eigenvalue weighted by Gasteiger charge is 2.55. The quantitative estimate of drug-likeness (QED) is 0.0910. The predicted octanol–water partition coefficient (Wildman–Crippen LogP) is 8.32. The summed E-state index contributed by atoms with van der Waals surface area (Å²) in [6.45, 7) is -16.4. The summed E-state index contributed by atoms with van der Waals surface area (Å²) >= 11 is 0. The van der Waals surface area contributed by atoms with Gasteiger partial charge in [-0.25, -0.2) is 0 Å². The van der Waals surface area contributed by atoms with Crippen LogP contribution in [0.3, 0.4) is 0 Å². The molecule has 4 aliphatic rings. The first-order chi connectivity index (χ1) is 43.2. The molecule has 0 amide bonds. The number of aliphatic hydroxyl groups is 1. The Kier molecular flexibility index (Phi) is 7.81. The number of benzene rings is 5. The molecule has 0 aromatic heterocycles. The van der Waals surface area contributed by atoms with E-state index in [4.69, 9.17) is 82.3 Å². The van der Waals surface area contributed by atoms with E-state index in [1.807, 2.05) is 0 Å².